The van der Waals surface area contributed by atoms with Crippen molar-refractivity contribution in [3.63, 3.8) is 0 Å². The van der Waals surface area contributed by atoms with E-state index in [0.717, 1.165) is 42.7 Å². The molecule has 0 unspecified atom stereocenters. The molecule has 0 spiro atoms. The molecule has 0 saturated carbocycles. The highest BCUT2D eigenvalue weighted by Gasteiger charge is 2.15. The number of aryl methyl sites for hydroxylation is 1. The number of hydrogen-bond acceptors (Lipinski definition) is 4. The maximum atomic E-state index is 6.18. The lowest BCUT2D eigenvalue weighted by Crippen LogP contribution is -1.83. The third-order valence-corrected chi connectivity index (χ3v) is 5.37. The Balaban J connectivity index is 1.65. The summed E-state index contributed by atoms with van der Waals surface area (Å²) < 4.78 is 3.91. The minimum Gasteiger partial charge on any atom is -0.350 e. The number of aromatic nitrogens is 5. The van der Waals surface area contributed by atoms with E-state index in [1.807, 2.05) is 48.1 Å². The highest BCUT2D eigenvalue weighted by Crippen LogP contribution is 2.35. The molecule has 1 aromatic carbocycles. The summed E-state index contributed by atoms with van der Waals surface area (Å²) in [6.45, 7) is 0. The second-order valence-corrected chi connectivity index (χ2v) is 7.21. The summed E-state index contributed by atoms with van der Waals surface area (Å²) in [7, 11) is 2.03. The van der Waals surface area contributed by atoms with Crippen molar-refractivity contribution in [2.75, 3.05) is 0 Å². The second kappa shape index (κ2) is 5.40. The Morgan fingerprint density at radius 1 is 1.16 bits per heavy atom. The van der Waals surface area contributed by atoms with Crippen molar-refractivity contribution in [2.24, 2.45) is 7.05 Å². The quantitative estimate of drug-likeness (QED) is 0.457. The van der Waals surface area contributed by atoms with E-state index < -0.39 is 0 Å². The van der Waals surface area contributed by atoms with Crippen LogP contribution in [0.2, 0.25) is 5.02 Å². The molecule has 25 heavy (non-hydrogen) atoms. The molecule has 0 aliphatic heterocycles. The Morgan fingerprint density at radius 3 is 2.88 bits per heavy atom. The Labute approximate surface area is 152 Å². The maximum absolute atomic E-state index is 6.18. The zero-order valence-electron chi connectivity index (χ0n) is 13.2. The number of pyridine rings is 1. The van der Waals surface area contributed by atoms with Crippen molar-refractivity contribution in [1.82, 2.24) is 24.1 Å². The highest BCUT2D eigenvalue weighted by atomic mass is 35.5. The van der Waals surface area contributed by atoms with Gasteiger partial charge in [-0.15, -0.1) is 0 Å². The van der Waals surface area contributed by atoms with Gasteiger partial charge in [0.1, 0.15) is 5.01 Å². The van der Waals surface area contributed by atoms with Crippen LogP contribution in [0.5, 0.6) is 0 Å². The van der Waals surface area contributed by atoms with Crippen molar-refractivity contribution in [3.05, 3.63) is 60.1 Å². The van der Waals surface area contributed by atoms with Crippen LogP contribution in [0.4, 0.5) is 0 Å². The smallest absolute Gasteiger partial charge is 0.213 e. The van der Waals surface area contributed by atoms with Gasteiger partial charge in [0.05, 0.1) is 11.9 Å². The van der Waals surface area contributed by atoms with E-state index >= 15 is 0 Å². The molecular formula is C18H12ClN5S. The fraction of sp³-hybridized carbons (Fsp3) is 0.0556. The number of hydrogen-bond donors (Lipinski definition) is 0. The molecule has 4 heterocycles. The van der Waals surface area contributed by atoms with Crippen LogP contribution in [0.3, 0.4) is 0 Å². The zero-order chi connectivity index (χ0) is 17.0. The number of halogens is 1. The number of rotatable bonds is 2. The predicted octanol–water partition coefficient (Wildman–Crippen LogP) is 4.66. The Kier molecular flexibility index (Phi) is 3.16. The van der Waals surface area contributed by atoms with Gasteiger partial charge in [0.25, 0.3) is 0 Å². The maximum Gasteiger partial charge on any atom is 0.213 e. The van der Waals surface area contributed by atoms with Gasteiger partial charge in [-0.25, -0.2) is 9.50 Å². The monoisotopic (exact) mass is 365 g/mol. The van der Waals surface area contributed by atoms with E-state index in [0.29, 0.717) is 0 Å². The fourth-order valence-electron chi connectivity index (χ4n) is 3.00. The van der Waals surface area contributed by atoms with Crippen molar-refractivity contribution in [2.45, 2.75) is 0 Å². The number of fused-ring (bicyclic) bond motifs is 2. The number of imidazole rings is 1. The third kappa shape index (κ3) is 2.33. The number of nitrogens with zero attached hydrogens (tertiary/aromatic N) is 5. The van der Waals surface area contributed by atoms with Gasteiger partial charge in [0.15, 0.2) is 0 Å². The summed E-state index contributed by atoms with van der Waals surface area (Å²) in [5.41, 5.74) is 4.06. The van der Waals surface area contributed by atoms with E-state index in [1.165, 1.54) is 0 Å². The highest BCUT2D eigenvalue weighted by molar-refractivity contribution is 7.20. The minimum absolute atomic E-state index is 0.722. The summed E-state index contributed by atoms with van der Waals surface area (Å²) in [4.78, 5) is 9.68. The molecule has 0 fully saturated rings. The van der Waals surface area contributed by atoms with Gasteiger partial charge in [-0.2, -0.15) is 5.10 Å². The van der Waals surface area contributed by atoms with Gasteiger partial charge >= 0.3 is 0 Å². The fourth-order valence-corrected chi connectivity index (χ4v) is 4.07. The lowest BCUT2D eigenvalue weighted by atomic mass is 10.2. The Bertz CT molecular complexity index is 1190. The van der Waals surface area contributed by atoms with Crippen LogP contribution in [0, 0.1) is 0 Å². The van der Waals surface area contributed by atoms with Crippen molar-refractivity contribution < 1.29 is 0 Å². The molecule has 5 rings (SSSR count). The third-order valence-electron chi connectivity index (χ3n) is 4.18. The summed E-state index contributed by atoms with van der Waals surface area (Å²) in [5, 5.41) is 7.46. The van der Waals surface area contributed by atoms with Gasteiger partial charge in [0.2, 0.25) is 4.96 Å². The van der Waals surface area contributed by atoms with Gasteiger partial charge < -0.3 is 4.57 Å². The predicted molar refractivity (Wildman–Crippen MR) is 101 cm³/mol. The second-order valence-electron chi connectivity index (χ2n) is 5.82. The van der Waals surface area contributed by atoms with Crippen molar-refractivity contribution >= 4 is 38.8 Å². The molecule has 0 aliphatic carbocycles. The van der Waals surface area contributed by atoms with Gasteiger partial charge in [-0.1, -0.05) is 22.9 Å². The lowest BCUT2D eigenvalue weighted by molar-refractivity contribution is 0.961. The topological polar surface area (TPSA) is 48.0 Å². The normalized spacial score (nSPS) is 11.6. The lowest BCUT2D eigenvalue weighted by Gasteiger charge is -1.96. The van der Waals surface area contributed by atoms with Crippen LogP contribution in [0.15, 0.2) is 55.1 Å². The van der Waals surface area contributed by atoms with Crippen LogP contribution in [-0.2, 0) is 7.05 Å². The van der Waals surface area contributed by atoms with Crippen LogP contribution >= 0.6 is 22.9 Å². The van der Waals surface area contributed by atoms with Crippen molar-refractivity contribution in [1.29, 1.82) is 0 Å². The summed E-state index contributed by atoms with van der Waals surface area (Å²) in [5.74, 6) is 0. The molecule has 4 aromatic heterocycles. The van der Waals surface area contributed by atoms with Gasteiger partial charge in [-0.05, 0) is 30.3 Å². The molecule has 0 bridgehead atoms. The SMILES string of the molecule is Cn1cc(-c2nn3cc(-c4cccnc4)nc3s2)c2cc(Cl)ccc21. The molecule has 0 atom stereocenters. The molecule has 0 aliphatic rings. The molecule has 0 radical (unpaired) electrons. The summed E-state index contributed by atoms with van der Waals surface area (Å²) in [6, 6.07) is 9.81. The standard InChI is InChI=1S/C18H12ClN5S/c1-23-9-14(13-7-12(19)4-5-16(13)23)17-22-24-10-15(21-18(24)25-17)11-3-2-6-20-8-11/h2-10H,1H3. The van der Waals surface area contributed by atoms with Crippen LogP contribution in [0.25, 0.3) is 37.7 Å². The van der Waals surface area contributed by atoms with E-state index in [2.05, 4.69) is 20.7 Å². The van der Waals surface area contributed by atoms with Crippen LogP contribution in [0.1, 0.15) is 0 Å². The molecule has 122 valence electrons. The number of benzene rings is 1. The molecule has 5 aromatic rings. The zero-order valence-corrected chi connectivity index (χ0v) is 14.8. The largest absolute Gasteiger partial charge is 0.350 e. The minimum atomic E-state index is 0.722. The molecule has 0 N–H and O–H groups in total. The van der Waals surface area contributed by atoms with Gasteiger partial charge in [-0.3, -0.25) is 4.98 Å². The Morgan fingerprint density at radius 2 is 2.08 bits per heavy atom. The van der Waals surface area contributed by atoms with Crippen molar-refractivity contribution in [3.8, 4) is 21.8 Å². The summed E-state index contributed by atoms with van der Waals surface area (Å²) in [6.07, 6.45) is 7.58. The van der Waals surface area contributed by atoms with E-state index in [4.69, 9.17) is 16.7 Å². The summed E-state index contributed by atoms with van der Waals surface area (Å²) >= 11 is 7.75. The van der Waals surface area contributed by atoms with Gasteiger partial charge in [0, 0.05) is 52.7 Å². The van der Waals surface area contributed by atoms with Crippen LogP contribution in [-0.4, -0.2) is 24.1 Å². The van der Waals surface area contributed by atoms with E-state index in [1.54, 1.807) is 23.7 Å². The van der Waals surface area contributed by atoms with E-state index in [-0.39, 0.29) is 0 Å². The van der Waals surface area contributed by atoms with Crippen LogP contribution < -0.4 is 0 Å². The first-order valence-corrected chi connectivity index (χ1v) is 8.90. The first-order valence-electron chi connectivity index (χ1n) is 7.70. The first kappa shape index (κ1) is 14.6. The van der Waals surface area contributed by atoms with E-state index in [9.17, 15) is 0 Å². The molecule has 0 saturated heterocycles. The first-order chi connectivity index (χ1) is 12.2. The Hall–Kier alpha value is -2.70. The average Bonchev–Trinajstić information content (AvgIpc) is 3.27. The molecule has 0 amide bonds. The molecular weight excluding hydrogens is 354 g/mol. The average molecular weight is 366 g/mol. The molecule has 5 nitrogen and oxygen atoms in total. The molecule has 7 heteroatoms.